The zero-order valence-electron chi connectivity index (χ0n) is 10.6. The summed E-state index contributed by atoms with van der Waals surface area (Å²) in [6.45, 7) is 0.413. The van der Waals surface area contributed by atoms with Crippen LogP contribution in [0.25, 0.3) is 0 Å². The summed E-state index contributed by atoms with van der Waals surface area (Å²) in [6.07, 6.45) is 7.06. The van der Waals surface area contributed by atoms with Gasteiger partial charge in [0.25, 0.3) is 5.91 Å². The van der Waals surface area contributed by atoms with Crippen molar-refractivity contribution in [3.63, 3.8) is 0 Å². The minimum absolute atomic E-state index is 0.251. The normalized spacial score (nSPS) is 10.5. The molecule has 0 radical (unpaired) electrons. The van der Waals surface area contributed by atoms with Gasteiger partial charge < -0.3 is 5.32 Å². The Hall–Kier alpha value is -1.53. The molecule has 0 aliphatic carbocycles. The molecule has 0 saturated heterocycles. The molecular formula is C12H13ClN4OS. The number of thioether (sulfide) groups is 1. The van der Waals surface area contributed by atoms with E-state index in [1.165, 1.54) is 11.8 Å². The van der Waals surface area contributed by atoms with E-state index in [0.717, 1.165) is 10.5 Å². The molecule has 0 unspecified atom stereocenters. The van der Waals surface area contributed by atoms with Crippen molar-refractivity contribution in [3.8, 4) is 0 Å². The molecule has 1 N–H and O–H groups in total. The molecular weight excluding hydrogens is 284 g/mol. The SMILES string of the molecule is CSc1cnc(C(=O)NCc2cnn(C)c2)cc1Cl. The van der Waals surface area contributed by atoms with Crippen LogP contribution < -0.4 is 5.32 Å². The van der Waals surface area contributed by atoms with E-state index < -0.39 is 0 Å². The van der Waals surface area contributed by atoms with Crippen molar-refractivity contribution < 1.29 is 4.79 Å². The topological polar surface area (TPSA) is 59.8 Å². The highest BCUT2D eigenvalue weighted by Crippen LogP contribution is 2.24. The van der Waals surface area contributed by atoms with Crippen LogP contribution >= 0.6 is 23.4 Å². The van der Waals surface area contributed by atoms with Gasteiger partial charge in [-0.05, 0) is 12.3 Å². The van der Waals surface area contributed by atoms with Gasteiger partial charge in [0, 0.05) is 36.4 Å². The molecule has 19 heavy (non-hydrogen) atoms. The lowest BCUT2D eigenvalue weighted by Crippen LogP contribution is -2.23. The van der Waals surface area contributed by atoms with Crippen LogP contribution in [0.15, 0.2) is 29.6 Å². The zero-order valence-corrected chi connectivity index (χ0v) is 12.1. The van der Waals surface area contributed by atoms with Gasteiger partial charge in [-0.15, -0.1) is 11.8 Å². The number of nitrogens with one attached hydrogen (secondary N) is 1. The molecule has 2 aromatic heterocycles. The van der Waals surface area contributed by atoms with Crippen LogP contribution in [0.3, 0.4) is 0 Å². The number of hydrogen-bond acceptors (Lipinski definition) is 4. The molecule has 1 amide bonds. The first-order valence-corrected chi connectivity index (χ1v) is 7.15. The number of nitrogens with zero attached hydrogens (tertiary/aromatic N) is 3. The molecule has 2 rings (SSSR count). The molecule has 0 bridgehead atoms. The molecule has 0 saturated carbocycles. The first kappa shape index (κ1) is 13.9. The Kier molecular flexibility index (Phi) is 4.44. The lowest BCUT2D eigenvalue weighted by Gasteiger charge is -2.05. The standard InChI is InChI=1S/C12H13ClN4OS/c1-17-7-8(5-16-17)4-15-12(18)10-3-9(13)11(19-2)6-14-10/h3,5-7H,4H2,1-2H3,(H,15,18). The zero-order chi connectivity index (χ0) is 13.8. The van der Waals surface area contributed by atoms with E-state index in [9.17, 15) is 4.79 Å². The molecule has 0 spiro atoms. The third-order valence-electron chi connectivity index (χ3n) is 2.48. The number of carbonyl (C=O) groups is 1. The maximum Gasteiger partial charge on any atom is 0.270 e. The molecule has 0 atom stereocenters. The Morgan fingerprint density at radius 2 is 2.32 bits per heavy atom. The van der Waals surface area contributed by atoms with E-state index in [1.807, 2.05) is 19.5 Å². The molecule has 7 heteroatoms. The largest absolute Gasteiger partial charge is 0.347 e. The van der Waals surface area contributed by atoms with Crippen LogP contribution in [0, 0.1) is 0 Å². The number of halogens is 1. The van der Waals surface area contributed by atoms with Crippen molar-refractivity contribution in [2.75, 3.05) is 6.26 Å². The minimum atomic E-state index is -0.251. The Labute approximate surface area is 120 Å². The predicted octanol–water partition coefficient (Wildman–Crippen LogP) is 2.12. The molecule has 0 aliphatic rings. The second kappa shape index (κ2) is 6.08. The maximum absolute atomic E-state index is 11.9. The predicted molar refractivity (Wildman–Crippen MR) is 75.4 cm³/mol. The molecule has 5 nitrogen and oxygen atoms in total. The van der Waals surface area contributed by atoms with Gasteiger partial charge >= 0.3 is 0 Å². The molecule has 2 aromatic rings. The summed E-state index contributed by atoms with van der Waals surface area (Å²) in [7, 11) is 1.83. The van der Waals surface area contributed by atoms with Crippen LogP contribution in [-0.4, -0.2) is 26.9 Å². The molecule has 0 aliphatic heterocycles. The van der Waals surface area contributed by atoms with Crippen LogP contribution in [-0.2, 0) is 13.6 Å². The van der Waals surface area contributed by atoms with E-state index in [1.54, 1.807) is 23.1 Å². The summed E-state index contributed by atoms with van der Waals surface area (Å²) < 4.78 is 1.68. The highest BCUT2D eigenvalue weighted by molar-refractivity contribution is 7.98. The van der Waals surface area contributed by atoms with Crippen LogP contribution in [0.1, 0.15) is 16.1 Å². The van der Waals surface area contributed by atoms with Crippen LogP contribution in [0.2, 0.25) is 5.02 Å². The van der Waals surface area contributed by atoms with Gasteiger partial charge in [-0.1, -0.05) is 11.6 Å². The second-order valence-electron chi connectivity index (χ2n) is 3.91. The number of amides is 1. The Balaban J connectivity index is 2.01. The quantitative estimate of drug-likeness (QED) is 0.878. The summed E-state index contributed by atoms with van der Waals surface area (Å²) in [5.74, 6) is -0.251. The third kappa shape index (κ3) is 3.48. The summed E-state index contributed by atoms with van der Waals surface area (Å²) in [5.41, 5.74) is 1.24. The molecule has 0 fully saturated rings. The van der Waals surface area contributed by atoms with Gasteiger partial charge in [-0.3, -0.25) is 9.48 Å². The summed E-state index contributed by atoms with van der Waals surface area (Å²) in [6, 6.07) is 1.58. The fourth-order valence-corrected chi connectivity index (χ4v) is 2.32. The summed E-state index contributed by atoms with van der Waals surface area (Å²) in [4.78, 5) is 16.9. The van der Waals surface area contributed by atoms with E-state index >= 15 is 0 Å². The average molecular weight is 297 g/mol. The number of carbonyl (C=O) groups excluding carboxylic acids is 1. The molecule has 100 valence electrons. The molecule has 0 aromatic carbocycles. The fraction of sp³-hybridized carbons (Fsp3) is 0.250. The smallest absolute Gasteiger partial charge is 0.270 e. The highest BCUT2D eigenvalue weighted by atomic mass is 35.5. The van der Waals surface area contributed by atoms with E-state index in [-0.39, 0.29) is 5.91 Å². The lowest BCUT2D eigenvalue weighted by molar-refractivity contribution is 0.0946. The van der Waals surface area contributed by atoms with Crippen LogP contribution in [0.4, 0.5) is 0 Å². The number of rotatable bonds is 4. The van der Waals surface area contributed by atoms with Crippen molar-refractivity contribution in [3.05, 3.63) is 40.9 Å². The van der Waals surface area contributed by atoms with Gasteiger partial charge in [0.1, 0.15) is 5.69 Å². The van der Waals surface area contributed by atoms with Crippen LogP contribution in [0.5, 0.6) is 0 Å². The number of pyridine rings is 1. The van der Waals surface area contributed by atoms with Crippen molar-refractivity contribution >= 4 is 29.3 Å². The number of aromatic nitrogens is 3. The number of hydrogen-bond donors (Lipinski definition) is 1. The minimum Gasteiger partial charge on any atom is -0.347 e. The molecule has 2 heterocycles. The van der Waals surface area contributed by atoms with Gasteiger partial charge in [-0.2, -0.15) is 5.10 Å². The maximum atomic E-state index is 11.9. The Morgan fingerprint density at radius 3 is 2.89 bits per heavy atom. The second-order valence-corrected chi connectivity index (χ2v) is 5.16. The summed E-state index contributed by atoms with van der Waals surface area (Å²) in [5, 5.41) is 7.34. The lowest BCUT2D eigenvalue weighted by atomic mass is 10.3. The Morgan fingerprint density at radius 1 is 1.53 bits per heavy atom. The van der Waals surface area contributed by atoms with Crippen molar-refractivity contribution in [2.24, 2.45) is 7.05 Å². The van der Waals surface area contributed by atoms with Gasteiger partial charge in [0.15, 0.2) is 0 Å². The third-order valence-corrected chi connectivity index (χ3v) is 3.67. The van der Waals surface area contributed by atoms with Gasteiger partial charge in [0.2, 0.25) is 0 Å². The van der Waals surface area contributed by atoms with E-state index in [4.69, 9.17) is 11.6 Å². The fourth-order valence-electron chi connectivity index (χ4n) is 1.53. The average Bonchev–Trinajstić information content (AvgIpc) is 2.81. The first-order valence-electron chi connectivity index (χ1n) is 5.55. The van der Waals surface area contributed by atoms with E-state index in [0.29, 0.717) is 17.3 Å². The van der Waals surface area contributed by atoms with Crippen molar-refractivity contribution in [2.45, 2.75) is 11.4 Å². The first-order chi connectivity index (χ1) is 9.10. The Bertz CT molecular complexity index is 599. The van der Waals surface area contributed by atoms with Crippen molar-refractivity contribution in [1.29, 1.82) is 0 Å². The van der Waals surface area contributed by atoms with Gasteiger partial charge in [0.05, 0.1) is 11.2 Å². The monoisotopic (exact) mass is 296 g/mol. The van der Waals surface area contributed by atoms with Crippen molar-refractivity contribution in [1.82, 2.24) is 20.1 Å². The number of aryl methyl sites for hydroxylation is 1. The highest BCUT2D eigenvalue weighted by Gasteiger charge is 2.10. The van der Waals surface area contributed by atoms with Gasteiger partial charge in [-0.25, -0.2) is 4.98 Å². The summed E-state index contributed by atoms with van der Waals surface area (Å²) >= 11 is 7.53. The van der Waals surface area contributed by atoms with E-state index in [2.05, 4.69) is 15.4 Å².